The van der Waals surface area contributed by atoms with Gasteiger partial charge in [0.15, 0.2) is 0 Å². The molecule has 1 atom stereocenters. The quantitative estimate of drug-likeness (QED) is 0.898. The SMILES string of the molecule is NC(=O)c1ccnc(N[C@H]2CCCN(C3Cc4ccccc4C3)C2)c1. The van der Waals surface area contributed by atoms with Gasteiger partial charge in [0.25, 0.3) is 0 Å². The smallest absolute Gasteiger partial charge is 0.248 e. The Morgan fingerprint density at radius 2 is 1.96 bits per heavy atom. The van der Waals surface area contributed by atoms with Crippen molar-refractivity contribution in [1.29, 1.82) is 0 Å². The predicted molar refractivity (Wildman–Crippen MR) is 98.6 cm³/mol. The van der Waals surface area contributed by atoms with Crippen molar-refractivity contribution in [3.63, 3.8) is 0 Å². The largest absolute Gasteiger partial charge is 0.366 e. The molecular weight excluding hydrogens is 312 g/mol. The predicted octanol–water partition coefficient (Wildman–Crippen LogP) is 2.22. The van der Waals surface area contributed by atoms with Gasteiger partial charge in [-0.05, 0) is 55.5 Å². The Hall–Kier alpha value is -2.40. The molecule has 1 amide bonds. The highest BCUT2D eigenvalue weighted by atomic mass is 16.1. The first-order valence-electron chi connectivity index (χ1n) is 9.02. The molecule has 1 aliphatic carbocycles. The zero-order valence-corrected chi connectivity index (χ0v) is 14.3. The number of hydrogen-bond acceptors (Lipinski definition) is 4. The fraction of sp³-hybridized carbons (Fsp3) is 0.400. The van der Waals surface area contributed by atoms with Crippen LogP contribution < -0.4 is 11.1 Å². The van der Waals surface area contributed by atoms with Gasteiger partial charge < -0.3 is 11.1 Å². The lowest BCUT2D eigenvalue weighted by Crippen LogP contribution is -2.47. The summed E-state index contributed by atoms with van der Waals surface area (Å²) in [5.41, 5.74) is 8.85. The van der Waals surface area contributed by atoms with E-state index in [1.54, 1.807) is 18.3 Å². The van der Waals surface area contributed by atoms with Gasteiger partial charge in [-0.3, -0.25) is 9.69 Å². The first kappa shape index (κ1) is 16.1. The Labute approximate surface area is 148 Å². The Morgan fingerprint density at radius 1 is 1.20 bits per heavy atom. The summed E-state index contributed by atoms with van der Waals surface area (Å²) in [6, 6.07) is 13.1. The average molecular weight is 336 g/mol. The van der Waals surface area contributed by atoms with Crippen LogP contribution in [-0.2, 0) is 12.8 Å². The number of aromatic nitrogens is 1. The van der Waals surface area contributed by atoms with Gasteiger partial charge in [-0.2, -0.15) is 0 Å². The van der Waals surface area contributed by atoms with Gasteiger partial charge in [-0.25, -0.2) is 4.98 Å². The standard InChI is InChI=1S/C20H24N4O/c21-20(25)16-7-8-22-19(12-16)23-17-6-3-9-24(13-17)18-10-14-4-1-2-5-15(14)11-18/h1-2,4-5,7-8,12,17-18H,3,6,9-11,13H2,(H2,21,25)(H,22,23)/t17-/m0/s1. The molecule has 2 aliphatic rings. The van der Waals surface area contributed by atoms with E-state index in [4.69, 9.17) is 5.73 Å². The van der Waals surface area contributed by atoms with Crippen molar-refractivity contribution >= 4 is 11.7 Å². The normalized spacial score (nSPS) is 21.0. The van der Waals surface area contributed by atoms with E-state index >= 15 is 0 Å². The van der Waals surface area contributed by atoms with Crippen molar-refractivity contribution in [2.45, 2.75) is 37.8 Å². The second kappa shape index (κ2) is 6.84. The van der Waals surface area contributed by atoms with Crippen LogP contribution in [0.25, 0.3) is 0 Å². The lowest BCUT2D eigenvalue weighted by Gasteiger charge is -2.37. The second-order valence-corrected chi connectivity index (χ2v) is 7.10. The van der Waals surface area contributed by atoms with Crippen molar-refractivity contribution < 1.29 is 4.79 Å². The van der Waals surface area contributed by atoms with E-state index in [-0.39, 0.29) is 0 Å². The number of hydrogen-bond donors (Lipinski definition) is 2. The van der Waals surface area contributed by atoms with Crippen LogP contribution in [0.4, 0.5) is 5.82 Å². The number of benzene rings is 1. The molecule has 0 saturated carbocycles. The zero-order chi connectivity index (χ0) is 17.2. The summed E-state index contributed by atoms with van der Waals surface area (Å²) < 4.78 is 0. The highest BCUT2D eigenvalue weighted by Crippen LogP contribution is 2.28. The maximum atomic E-state index is 11.3. The number of primary amides is 1. The Morgan fingerprint density at radius 3 is 2.68 bits per heavy atom. The zero-order valence-electron chi connectivity index (χ0n) is 14.3. The molecule has 5 heteroatoms. The monoisotopic (exact) mass is 336 g/mol. The molecule has 0 radical (unpaired) electrons. The number of likely N-dealkylation sites (tertiary alicyclic amines) is 1. The van der Waals surface area contributed by atoms with Crippen LogP contribution in [0.2, 0.25) is 0 Å². The highest BCUT2D eigenvalue weighted by molar-refractivity contribution is 5.93. The molecule has 1 aliphatic heterocycles. The summed E-state index contributed by atoms with van der Waals surface area (Å²) in [6.07, 6.45) is 6.24. The lowest BCUT2D eigenvalue weighted by molar-refractivity contribution is 0.1000. The molecule has 25 heavy (non-hydrogen) atoms. The number of piperidine rings is 1. The number of nitrogens with one attached hydrogen (secondary N) is 1. The molecule has 2 aromatic rings. The van der Waals surface area contributed by atoms with Gasteiger partial charge >= 0.3 is 0 Å². The minimum Gasteiger partial charge on any atom is -0.366 e. The molecule has 0 bridgehead atoms. The van der Waals surface area contributed by atoms with E-state index in [0.29, 0.717) is 17.6 Å². The molecule has 4 rings (SSSR count). The third-order valence-corrected chi connectivity index (χ3v) is 5.40. The maximum absolute atomic E-state index is 11.3. The fourth-order valence-electron chi connectivity index (χ4n) is 4.12. The van der Waals surface area contributed by atoms with Gasteiger partial charge in [-0.1, -0.05) is 24.3 Å². The topological polar surface area (TPSA) is 71.2 Å². The van der Waals surface area contributed by atoms with Gasteiger partial charge in [0.2, 0.25) is 5.91 Å². The molecule has 1 aromatic carbocycles. The molecule has 5 nitrogen and oxygen atoms in total. The van der Waals surface area contributed by atoms with Crippen molar-refractivity contribution in [2.75, 3.05) is 18.4 Å². The van der Waals surface area contributed by atoms with Crippen molar-refractivity contribution in [2.24, 2.45) is 5.73 Å². The summed E-state index contributed by atoms with van der Waals surface area (Å²) in [4.78, 5) is 18.3. The van der Waals surface area contributed by atoms with Crippen molar-refractivity contribution in [1.82, 2.24) is 9.88 Å². The van der Waals surface area contributed by atoms with E-state index in [1.165, 1.54) is 17.5 Å². The van der Waals surface area contributed by atoms with Crippen LogP contribution in [0.3, 0.4) is 0 Å². The number of nitrogens with two attached hydrogens (primary N) is 1. The number of nitrogens with zero attached hydrogens (tertiary/aromatic N) is 2. The summed E-state index contributed by atoms with van der Waals surface area (Å²) in [5.74, 6) is 0.317. The Balaban J connectivity index is 1.40. The van der Waals surface area contributed by atoms with Crippen molar-refractivity contribution in [3.8, 4) is 0 Å². The first-order chi connectivity index (χ1) is 12.2. The van der Waals surface area contributed by atoms with E-state index in [0.717, 1.165) is 38.2 Å². The van der Waals surface area contributed by atoms with Crippen LogP contribution in [0.5, 0.6) is 0 Å². The summed E-state index contributed by atoms with van der Waals surface area (Å²) >= 11 is 0. The summed E-state index contributed by atoms with van der Waals surface area (Å²) in [7, 11) is 0. The Kier molecular flexibility index (Phi) is 4.40. The van der Waals surface area contributed by atoms with Gasteiger partial charge in [0.05, 0.1) is 0 Å². The fourth-order valence-corrected chi connectivity index (χ4v) is 4.12. The third-order valence-electron chi connectivity index (χ3n) is 5.40. The Bertz CT molecular complexity index is 751. The summed E-state index contributed by atoms with van der Waals surface area (Å²) in [5, 5.41) is 3.49. The van der Waals surface area contributed by atoms with Gasteiger partial charge in [-0.15, -0.1) is 0 Å². The number of anilines is 1. The maximum Gasteiger partial charge on any atom is 0.248 e. The molecule has 0 spiro atoms. The van der Waals surface area contributed by atoms with Crippen LogP contribution >= 0.6 is 0 Å². The molecule has 1 saturated heterocycles. The van der Waals surface area contributed by atoms with E-state index < -0.39 is 5.91 Å². The van der Waals surface area contributed by atoms with E-state index in [9.17, 15) is 4.79 Å². The molecule has 0 unspecified atom stereocenters. The average Bonchev–Trinajstić information content (AvgIpc) is 3.06. The minimum absolute atomic E-state index is 0.355. The van der Waals surface area contributed by atoms with E-state index in [2.05, 4.69) is 39.5 Å². The summed E-state index contributed by atoms with van der Waals surface area (Å²) in [6.45, 7) is 2.17. The van der Waals surface area contributed by atoms with Crippen LogP contribution in [0.15, 0.2) is 42.6 Å². The van der Waals surface area contributed by atoms with Crippen LogP contribution in [-0.4, -0.2) is 41.0 Å². The number of carbonyl (C=O) groups excluding carboxylic acids is 1. The molecule has 1 fully saturated rings. The molecule has 2 heterocycles. The number of amides is 1. The van der Waals surface area contributed by atoms with Crippen LogP contribution in [0, 0.1) is 0 Å². The number of pyridine rings is 1. The molecule has 130 valence electrons. The highest BCUT2D eigenvalue weighted by Gasteiger charge is 2.30. The minimum atomic E-state index is -0.417. The third kappa shape index (κ3) is 3.51. The lowest BCUT2D eigenvalue weighted by atomic mass is 10.0. The van der Waals surface area contributed by atoms with Gasteiger partial charge in [0, 0.05) is 30.4 Å². The number of rotatable bonds is 4. The van der Waals surface area contributed by atoms with Crippen LogP contribution in [0.1, 0.15) is 34.3 Å². The van der Waals surface area contributed by atoms with Crippen molar-refractivity contribution in [3.05, 3.63) is 59.3 Å². The molecular formula is C20H24N4O. The van der Waals surface area contributed by atoms with Gasteiger partial charge in [0.1, 0.15) is 5.82 Å². The second-order valence-electron chi connectivity index (χ2n) is 7.10. The number of fused-ring (bicyclic) bond motifs is 1. The van der Waals surface area contributed by atoms with E-state index in [1.807, 2.05) is 0 Å². The number of carbonyl (C=O) groups is 1. The first-order valence-corrected chi connectivity index (χ1v) is 9.02. The molecule has 3 N–H and O–H groups in total. The molecule has 1 aromatic heterocycles.